The van der Waals surface area contributed by atoms with Crippen molar-refractivity contribution in [1.82, 2.24) is 5.32 Å². The summed E-state index contributed by atoms with van der Waals surface area (Å²) in [6, 6.07) is 15.5. The first-order valence-corrected chi connectivity index (χ1v) is 11.0. The molecule has 33 heavy (non-hydrogen) atoms. The smallest absolute Gasteiger partial charge is 0.421 e. The molecule has 2 aromatic rings. The Morgan fingerprint density at radius 1 is 0.879 bits per heavy atom. The number of nitrogens with one attached hydrogen (secondary N) is 1. The van der Waals surface area contributed by atoms with E-state index in [0.29, 0.717) is 16.8 Å². The Morgan fingerprint density at radius 2 is 1.42 bits per heavy atom. The van der Waals surface area contributed by atoms with Gasteiger partial charge >= 0.3 is 12.2 Å². The third-order valence-electron chi connectivity index (χ3n) is 5.30. The third kappa shape index (κ3) is 5.02. The van der Waals surface area contributed by atoms with Crippen LogP contribution in [0.25, 0.3) is 0 Å². The van der Waals surface area contributed by atoms with Gasteiger partial charge in [-0.15, -0.1) is 0 Å². The van der Waals surface area contributed by atoms with Gasteiger partial charge in [-0.3, -0.25) is 4.79 Å². The lowest BCUT2D eigenvalue weighted by molar-refractivity contribution is -0.123. The molecule has 0 spiro atoms. The standard InChI is InChI=1S/C26H32N2O5/c1-24(2,3)32-22(30)27-20(17-13-9-8-10-14-17)26(7)18-15-11-12-16-19(18)28(21(26)29)23(31)33-25(4,5)6/h8-16,20H,1-7H3,(H,27,30). The number of nitrogens with zero attached hydrogens (tertiary/aromatic N) is 1. The second-order valence-electron chi connectivity index (χ2n) is 10.3. The van der Waals surface area contributed by atoms with Crippen molar-refractivity contribution < 1.29 is 23.9 Å². The quantitative estimate of drug-likeness (QED) is 0.665. The molecule has 2 aromatic carbocycles. The van der Waals surface area contributed by atoms with Crippen molar-refractivity contribution in [3.8, 4) is 0 Å². The second-order valence-corrected chi connectivity index (χ2v) is 10.3. The molecule has 0 bridgehead atoms. The second kappa shape index (κ2) is 8.54. The van der Waals surface area contributed by atoms with Crippen LogP contribution >= 0.6 is 0 Å². The van der Waals surface area contributed by atoms with Crippen LogP contribution in [0.4, 0.5) is 15.3 Å². The highest BCUT2D eigenvalue weighted by Gasteiger charge is 2.56. The highest BCUT2D eigenvalue weighted by atomic mass is 16.6. The summed E-state index contributed by atoms with van der Waals surface area (Å²) in [7, 11) is 0. The number of carbonyl (C=O) groups excluding carboxylic acids is 3. The largest absolute Gasteiger partial charge is 0.444 e. The Morgan fingerprint density at radius 3 is 2.00 bits per heavy atom. The van der Waals surface area contributed by atoms with Crippen LogP contribution in [0, 0.1) is 0 Å². The maximum absolute atomic E-state index is 13.9. The molecule has 3 rings (SSSR count). The fraction of sp³-hybridized carbons (Fsp3) is 0.423. The van der Waals surface area contributed by atoms with Gasteiger partial charge in [0, 0.05) is 0 Å². The lowest BCUT2D eigenvalue weighted by Crippen LogP contribution is -2.51. The molecular weight excluding hydrogens is 420 g/mol. The SMILES string of the molecule is CC(C)(C)OC(=O)NC(c1ccccc1)C1(C)C(=O)N(C(=O)OC(C)(C)C)c2ccccc21. The summed E-state index contributed by atoms with van der Waals surface area (Å²) in [5.74, 6) is -0.483. The minimum Gasteiger partial charge on any atom is -0.444 e. The number of para-hydroxylation sites is 1. The third-order valence-corrected chi connectivity index (χ3v) is 5.30. The van der Waals surface area contributed by atoms with Crippen LogP contribution in [0.5, 0.6) is 0 Å². The number of fused-ring (bicyclic) bond motifs is 1. The molecule has 3 amide bonds. The summed E-state index contributed by atoms with van der Waals surface area (Å²) >= 11 is 0. The number of hydrogen-bond donors (Lipinski definition) is 1. The van der Waals surface area contributed by atoms with E-state index in [9.17, 15) is 14.4 Å². The van der Waals surface area contributed by atoms with Gasteiger partial charge in [0.25, 0.3) is 0 Å². The zero-order chi connectivity index (χ0) is 24.6. The topological polar surface area (TPSA) is 84.9 Å². The number of alkyl carbamates (subject to hydrolysis) is 1. The van der Waals surface area contributed by atoms with Crippen LogP contribution in [0.2, 0.25) is 0 Å². The van der Waals surface area contributed by atoms with Gasteiger partial charge in [-0.25, -0.2) is 14.5 Å². The summed E-state index contributed by atoms with van der Waals surface area (Å²) < 4.78 is 11.0. The maximum atomic E-state index is 13.9. The monoisotopic (exact) mass is 452 g/mol. The zero-order valence-corrected chi connectivity index (χ0v) is 20.3. The number of imide groups is 1. The summed E-state index contributed by atoms with van der Waals surface area (Å²) in [5, 5.41) is 2.89. The molecule has 0 aliphatic carbocycles. The number of carbonyl (C=O) groups is 3. The molecule has 176 valence electrons. The van der Waals surface area contributed by atoms with Crippen LogP contribution in [-0.2, 0) is 19.7 Å². The molecule has 0 radical (unpaired) electrons. The van der Waals surface area contributed by atoms with Gasteiger partial charge in [-0.2, -0.15) is 0 Å². The number of amides is 3. The van der Waals surface area contributed by atoms with Gasteiger partial charge in [0.1, 0.15) is 11.2 Å². The number of ether oxygens (including phenoxy) is 2. The summed E-state index contributed by atoms with van der Waals surface area (Å²) in [5.41, 5.74) is -1.02. The molecule has 0 saturated heterocycles. The predicted molar refractivity (Wildman–Crippen MR) is 126 cm³/mol. The molecule has 0 fully saturated rings. The predicted octanol–water partition coefficient (Wildman–Crippen LogP) is 5.49. The van der Waals surface area contributed by atoms with Crippen molar-refractivity contribution in [3.63, 3.8) is 0 Å². The minimum absolute atomic E-state index is 0.436. The van der Waals surface area contributed by atoms with Gasteiger partial charge in [0.05, 0.1) is 17.1 Å². The molecular formula is C26H32N2O5. The lowest BCUT2D eigenvalue weighted by Gasteiger charge is -2.35. The molecule has 2 atom stereocenters. The van der Waals surface area contributed by atoms with E-state index >= 15 is 0 Å². The van der Waals surface area contributed by atoms with Crippen LogP contribution < -0.4 is 10.2 Å². The van der Waals surface area contributed by atoms with Crippen molar-refractivity contribution >= 4 is 23.8 Å². The van der Waals surface area contributed by atoms with Crippen molar-refractivity contribution in [1.29, 1.82) is 0 Å². The van der Waals surface area contributed by atoms with E-state index in [0.717, 1.165) is 4.90 Å². The van der Waals surface area contributed by atoms with E-state index in [1.165, 1.54) is 0 Å². The molecule has 7 nitrogen and oxygen atoms in total. The highest BCUT2D eigenvalue weighted by molar-refractivity contribution is 6.21. The molecule has 1 aliphatic heterocycles. The van der Waals surface area contributed by atoms with Crippen LogP contribution in [0.1, 0.15) is 65.6 Å². The molecule has 0 saturated carbocycles. The van der Waals surface area contributed by atoms with Crippen molar-refractivity contribution in [2.45, 2.75) is 71.1 Å². The fourth-order valence-corrected chi connectivity index (χ4v) is 3.96. The van der Waals surface area contributed by atoms with Crippen LogP contribution in [-0.4, -0.2) is 29.3 Å². The zero-order valence-electron chi connectivity index (χ0n) is 20.3. The van der Waals surface area contributed by atoms with Gasteiger partial charge < -0.3 is 14.8 Å². The van der Waals surface area contributed by atoms with Crippen molar-refractivity contribution in [3.05, 3.63) is 65.7 Å². The van der Waals surface area contributed by atoms with Gasteiger partial charge in [0.2, 0.25) is 5.91 Å². The lowest BCUT2D eigenvalue weighted by atomic mass is 9.74. The number of rotatable bonds is 3. The first kappa shape index (κ1) is 24.3. The Kier molecular flexibility index (Phi) is 6.29. The van der Waals surface area contributed by atoms with Gasteiger partial charge in [-0.05, 0) is 65.7 Å². The Bertz CT molecular complexity index is 1050. The van der Waals surface area contributed by atoms with Crippen molar-refractivity contribution in [2.75, 3.05) is 4.90 Å². The van der Waals surface area contributed by atoms with E-state index < -0.39 is 40.8 Å². The average molecular weight is 453 g/mol. The Hall–Kier alpha value is -3.35. The first-order valence-electron chi connectivity index (χ1n) is 11.0. The van der Waals surface area contributed by atoms with Crippen LogP contribution in [0.15, 0.2) is 54.6 Å². The van der Waals surface area contributed by atoms with Gasteiger partial charge in [-0.1, -0.05) is 48.5 Å². The minimum atomic E-state index is -1.29. The summed E-state index contributed by atoms with van der Waals surface area (Å²) in [4.78, 5) is 40.9. The Balaban J connectivity index is 2.12. The van der Waals surface area contributed by atoms with E-state index in [4.69, 9.17) is 9.47 Å². The normalized spacial score (nSPS) is 19.0. The summed E-state index contributed by atoms with van der Waals surface area (Å²) in [6.45, 7) is 12.3. The van der Waals surface area contributed by atoms with E-state index in [1.54, 1.807) is 72.7 Å². The van der Waals surface area contributed by atoms with E-state index in [2.05, 4.69) is 5.32 Å². The number of benzene rings is 2. The van der Waals surface area contributed by atoms with E-state index in [1.807, 2.05) is 30.3 Å². The Labute approximate surface area is 195 Å². The fourth-order valence-electron chi connectivity index (χ4n) is 3.96. The first-order chi connectivity index (χ1) is 15.2. The average Bonchev–Trinajstić information content (AvgIpc) is 2.92. The molecule has 1 heterocycles. The molecule has 7 heteroatoms. The van der Waals surface area contributed by atoms with Gasteiger partial charge in [0.15, 0.2) is 0 Å². The highest BCUT2D eigenvalue weighted by Crippen LogP contribution is 2.49. The van der Waals surface area contributed by atoms with Crippen LogP contribution in [0.3, 0.4) is 0 Å². The maximum Gasteiger partial charge on any atom is 0.421 e. The molecule has 1 aliphatic rings. The van der Waals surface area contributed by atoms with Crippen molar-refractivity contribution in [2.24, 2.45) is 0 Å². The van der Waals surface area contributed by atoms with E-state index in [-0.39, 0.29) is 0 Å². The number of hydrogen-bond acceptors (Lipinski definition) is 5. The number of anilines is 1. The molecule has 0 aromatic heterocycles. The molecule has 2 unspecified atom stereocenters. The molecule has 1 N–H and O–H groups in total. The summed E-state index contributed by atoms with van der Waals surface area (Å²) in [6.07, 6.45) is -1.41.